The van der Waals surface area contributed by atoms with Crippen LogP contribution in [0.15, 0.2) is 42.5 Å². The first-order valence-corrected chi connectivity index (χ1v) is 7.79. The fourth-order valence-corrected chi connectivity index (χ4v) is 3.68. The van der Waals surface area contributed by atoms with Crippen LogP contribution in [0.2, 0.25) is 0 Å². The molecule has 1 N–H and O–H groups in total. The van der Waals surface area contributed by atoms with E-state index in [0.29, 0.717) is 6.04 Å². The van der Waals surface area contributed by atoms with E-state index in [1.807, 2.05) is 6.07 Å². The quantitative estimate of drug-likeness (QED) is 0.873. The molecule has 1 atom stereocenters. The summed E-state index contributed by atoms with van der Waals surface area (Å²) in [5.74, 6) is -0.910. The molecule has 1 aliphatic heterocycles. The van der Waals surface area contributed by atoms with Gasteiger partial charge in [0, 0.05) is 27.6 Å². The van der Waals surface area contributed by atoms with Crippen molar-refractivity contribution in [3.8, 4) is 0 Å². The third-order valence-electron chi connectivity index (χ3n) is 3.75. The smallest absolute Gasteiger partial charge is 0.328 e. The number of rotatable bonds is 4. The van der Waals surface area contributed by atoms with Crippen molar-refractivity contribution < 1.29 is 9.90 Å². The highest BCUT2D eigenvalue weighted by molar-refractivity contribution is 7.12. The van der Waals surface area contributed by atoms with Crippen LogP contribution >= 0.6 is 11.3 Å². The zero-order chi connectivity index (χ0) is 14.8. The minimum absolute atomic E-state index is 0.502. The van der Waals surface area contributed by atoms with Gasteiger partial charge in [0.2, 0.25) is 0 Å². The Balaban J connectivity index is 1.77. The standard InChI is InChI=1S/C17H17NO2S/c1-12-10-13-4-2-3-5-16(13)18(12)11-15-7-6-14(21-15)8-9-17(19)20/h2-9,12H,10-11H2,1H3,(H,19,20). The monoisotopic (exact) mass is 299 g/mol. The molecule has 2 aromatic rings. The molecule has 108 valence electrons. The zero-order valence-electron chi connectivity index (χ0n) is 11.8. The van der Waals surface area contributed by atoms with Crippen molar-refractivity contribution in [2.24, 2.45) is 0 Å². The molecule has 3 nitrogen and oxygen atoms in total. The first-order valence-electron chi connectivity index (χ1n) is 6.98. The summed E-state index contributed by atoms with van der Waals surface area (Å²) in [5.41, 5.74) is 2.73. The van der Waals surface area contributed by atoms with Gasteiger partial charge in [0.25, 0.3) is 0 Å². The molecule has 0 amide bonds. The van der Waals surface area contributed by atoms with E-state index in [2.05, 4.69) is 42.2 Å². The molecule has 0 saturated carbocycles. The van der Waals surface area contributed by atoms with Gasteiger partial charge in [0.15, 0.2) is 0 Å². The lowest BCUT2D eigenvalue weighted by atomic mass is 10.1. The van der Waals surface area contributed by atoms with Crippen molar-refractivity contribution in [2.45, 2.75) is 25.9 Å². The van der Waals surface area contributed by atoms with Crippen LogP contribution in [0.3, 0.4) is 0 Å². The van der Waals surface area contributed by atoms with Crippen LogP contribution in [-0.4, -0.2) is 17.1 Å². The number of hydrogen-bond acceptors (Lipinski definition) is 3. The van der Waals surface area contributed by atoms with Gasteiger partial charge >= 0.3 is 5.97 Å². The highest BCUT2D eigenvalue weighted by atomic mass is 32.1. The lowest BCUT2D eigenvalue weighted by molar-refractivity contribution is -0.131. The highest BCUT2D eigenvalue weighted by Gasteiger charge is 2.25. The fourth-order valence-electron chi connectivity index (χ4n) is 2.76. The number of carbonyl (C=O) groups is 1. The van der Waals surface area contributed by atoms with Crippen LogP contribution < -0.4 is 4.90 Å². The van der Waals surface area contributed by atoms with E-state index < -0.39 is 5.97 Å². The molecule has 0 saturated heterocycles. The summed E-state index contributed by atoms with van der Waals surface area (Å²) in [7, 11) is 0. The van der Waals surface area contributed by atoms with Gasteiger partial charge in [-0.15, -0.1) is 11.3 Å². The number of carboxylic acid groups (broad SMARTS) is 1. The maximum absolute atomic E-state index is 10.5. The van der Waals surface area contributed by atoms with E-state index >= 15 is 0 Å². The number of aliphatic carboxylic acids is 1. The lowest BCUT2D eigenvalue weighted by Crippen LogP contribution is -2.28. The van der Waals surface area contributed by atoms with Gasteiger partial charge in [-0.2, -0.15) is 0 Å². The molecule has 1 aromatic carbocycles. The lowest BCUT2D eigenvalue weighted by Gasteiger charge is -2.24. The molecular weight excluding hydrogens is 282 g/mol. The largest absolute Gasteiger partial charge is 0.478 e. The van der Waals surface area contributed by atoms with Gasteiger partial charge in [0.05, 0.1) is 6.54 Å². The number of thiophene rings is 1. The first kappa shape index (κ1) is 13.9. The molecule has 1 unspecified atom stereocenters. The predicted octanol–water partition coefficient (Wildman–Crippen LogP) is 3.80. The predicted molar refractivity (Wildman–Crippen MR) is 86.8 cm³/mol. The molecule has 0 aliphatic carbocycles. The molecule has 21 heavy (non-hydrogen) atoms. The summed E-state index contributed by atoms with van der Waals surface area (Å²) in [6.07, 6.45) is 3.93. The van der Waals surface area contributed by atoms with E-state index in [1.165, 1.54) is 22.2 Å². The number of benzene rings is 1. The number of hydrogen-bond donors (Lipinski definition) is 1. The topological polar surface area (TPSA) is 40.5 Å². The average Bonchev–Trinajstić information content (AvgIpc) is 3.02. The number of para-hydroxylation sites is 1. The Hall–Kier alpha value is -2.07. The Bertz CT molecular complexity index is 690. The maximum Gasteiger partial charge on any atom is 0.328 e. The van der Waals surface area contributed by atoms with E-state index in [-0.39, 0.29) is 0 Å². The second kappa shape index (κ2) is 5.74. The van der Waals surface area contributed by atoms with Gasteiger partial charge in [-0.05, 0) is 43.2 Å². The zero-order valence-corrected chi connectivity index (χ0v) is 12.6. The molecule has 0 bridgehead atoms. The Morgan fingerprint density at radius 1 is 1.38 bits per heavy atom. The summed E-state index contributed by atoms with van der Waals surface area (Å²) >= 11 is 1.65. The van der Waals surface area contributed by atoms with E-state index in [4.69, 9.17) is 5.11 Å². The first-order chi connectivity index (χ1) is 10.1. The van der Waals surface area contributed by atoms with E-state index in [9.17, 15) is 4.79 Å². The van der Waals surface area contributed by atoms with Crippen LogP contribution in [-0.2, 0) is 17.8 Å². The van der Waals surface area contributed by atoms with Crippen LogP contribution in [0, 0.1) is 0 Å². The second-order valence-electron chi connectivity index (χ2n) is 5.29. The molecule has 3 rings (SSSR count). The van der Waals surface area contributed by atoms with Crippen molar-refractivity contribution >= 4 is 29.1 Å². The fraction of sp³-hybridized carbons (Fsp3) is 0.235. The molecule has 1 aromatic heterocycles. The highest BCUT2D eigenvalue weighted by Crippen LogP contribution is 2.34. The SMILES string of the molecule is CC1Cc2ccccc2N1Cc1ccc(C=CC(=O)O)s1. The summed E-state index contributed by atoms with van der Waals surface area (Å²) < 4.78 is 0. The van der Waals surface area contributed by atoms with Gasteiger partial charge in [0.1, 0.15) is 0 Å². The molecule has 2 heterocycles. The molecule has 4 heteroatoms. The number of anilines is 1. The molecule has 0 spiro atoms. The van der Waals surface area contributed by atoms with Gasteiger partial charge in [-0.3, -0.25) is 0 Å². The van der Waals surface area contributed by atoms with Crippen molar-refractivity contribution in [1.29, 1.82) is 0 Å². The van der Waals surface area contributed by atoms with Crippen molar-refractivity contribution in [3.63, 3.8) is 0 Å². The van der Waals surface area contributed by atoms with Gasteiger partial charge < -0.3 is 10.0 Å². The van der Waals surface area contributed by atoms with Crippen molar-refractivity contribution in [3.05, 3.63) is 57.8 Å². The number of nitrogens with zero attached hydrogens (tertiary/aromatic N) is 1. The summed E-state index contributed by atoms with van der Waals surface area (Å²) in [6.45, 7) is 3.13. The maximum atomic E-state index is 10.5. The van der Waals surface area contributed by atoms with Crippen LogP contribution in [0.4, 0.5) is 5.69 Å². The average molecular weight is 299 g/mol. The third kappa shape index (κ3) is 3.00. The molecule has 0 radical (unpaired) electrons. The van der Waals surface area contributed by atoms with E-state index in [0.717, 1.165) is 17.8 Å². The Labute approximate surface area is 128 Å². The second-order valence-corrected chi connectivity index (χ2v) is 6.49. The normalized spacial score (nSPS) is 17.4. The minimum Gasteiger partial charge on any atom is -0.478 e. The van der Waals surface area contributed by atoms with E-state index in [1.54, 1.807) is 17.4 Å². The number of carboxylic acids is 1. The van der Waals surface area contributed by atoms with Crippen molar-refractivity contribution in [2.75, 3.05) is 4.90 Å². The summed E-state index contributed by atoms with van der Waals surface area (Å²) in [6, 6.07) is 13.1. The number of fused-ring (bicyclic) bond motifs is 1. The Morgan fingerprint density at radius 3 is 3.00 bits per heavy atom. The Kier molecular flexibility index (Phi) is 3.80. The van der Waals surface area contributed by atoms with Gasteiger partial charge in [-0.25, -0.2) is 4.79 Å². The van der Waals surface area contributed by atoms with Crippen molar-refractivity contribution in [1.82, 2.24) is 0 Å². The van der Waals surface area contributed by atoms with Crippen LogP contribution in [0.1, 0.15) is 22.2 Å². The van der Waals surface area contributed by atoms with Crippen LogP contribution in [0.5, 0.6) is 0 Å². The molecule has 1 aliphatic rings. The molecular formula is C17H17NO2S. The molecule has 0 fully saturated rings. The minimum atomic E-state index is -0.910. The summed E-state index contributed by atoms with van der Waals surface area (Å²) in [5, 5.41) is 8.66. The summed E-state index contributed by atoms with van der Waals surface area (Å²) in [4.78, 5) is 15.2. The Morgan fingerprint density at radius 2 is 2.19 bits per heavy atom. The van der Waals surface area contributed by atoms with Gasteiger partial charge in [-0.1, -0.05) is 18.2 Å². The van der Waals surface area contributed by atoms with Crippen LogP contribution in [0.25, 0.3) is 6.08 Å². The third-order valence-corrected chi connectivity index (χ3v) is 4.78.